The van der Waals surface area contributed by atoms with Crippen molar-refractivity contribution in [2.45, 2.75) is 0 Å². The Hall–Kier alpha value is -2.95. The zero-order chi connectivity index (χ0) is 14.1. The Morgan fingerprint density at radius 2 is 1.86 bits per heavy atom. The van der Waals surface area contributed by atoms with Crippen LogP contribution in [0.3, 0.4) is 0 Å². The van der Waals surface area contributed by atoms with E-state index in [2.05, 4.69) is 15.2 Å². The first-order valence-electron chi connectivity index (χ1n) is 6.57. The van der Waals surface area contributed by atoms with Gasteiger partial charge in [0, 0.05) is 18.0 Å². The lowest BCUT2D eigenvalue weighted by Gasteiger charge is -2.15. The summed E-state index contributed by atoms with van der Waals surface area (Å²) in [5, 5.41) is 8.16. The van der Waals surface area contributed by atoms with Crippen molar-refractivity contribution in [3.8, 4) is 17.2 Å². The van der Waals surface area contributed by atoms with Crippen LogP contribution in [-0.4, -0.2) is 21.8 Å². The molecule has 5 heteroatoms. The van der Waals surface area contributed by atoms with Crippen molar-refractivity contribution in [2.24, 2.45) is 0 Å². The molecule has 0 atom stereocenters. The van der Waals surface area contributed by atoms with Crippen LogP contribution >= 0.6 is 0 Å². The Bertz CT molecular complexity index is 809. The van der Waals surface area contributed by atoms with E-state index in [1.54, 1.807) is 12.4 Å². The van der Waals surface area contributed by atoms with Crippen LogP contribution in [0.15, 0.2) is 53.2 Å². The number of nitrogens with zero attached hydrogens (tertiary/aromatic N) is 3. The van der Waals surface area contributed by atoms with Gasteiger partial charge in [-0.3, -0.25) is 4.98 Å². The van der Waals surface area contributed by atoms with Crippen LogP contribution in [0.1, 0.15) is 11.5 Å². The second-order valence-corrected chi connectivity index (χ2v) is 4.65. The predicted molar refractivity (Wildman–Crippen MR) is 77.3 cm³/mol. The highest BCUT2D eigenvalue weighted by molar-refractivity contribution is 5.82. The number of para-hydroxylation sites is 1. The SMILES string of the molecule is C1=C(c2nnc(-c3cccnc3)o2)COc2ccccc21. The normalized spacial score (nSPS) is 13.2. The third kappa shape index (κ3) is 2.18. The summed E-state index contributed by atoms with van der Waals surface area (Å²) in [5.41, 5.74) is 2.69. The molecule has 5 nitrogen and oxygen atoms in total. The zero-order valence-electron chi connectivity index (χ0n) is 11.1. The maximum Gasteiger partial charge on any atom is 0.249 e. The van der Waals surface area contributed by atoms with Gasteiger partial charge in [-0.05, 0) is 24.3 Å². The van der Waals surface area contributed by atoms with E-state index in [1.165, 1.54) is 0 Å². The second-order valence-electron chi connectivity index (χ2n) is 4.65. The van der Waals surface area contributed by atoms with Crippen molar-refractivity contribution < 1.29 is 9.15 Å². The first kappa shape index (κ1) is 11.8. The summed E-state index contributed by atoms with van der Waals surface area (Å²) in [6, 6.07) is 11.6. The number of rotatable bonds is 2. The van der Waals surface area contributed by atoms with Crippen molar-refractivity contribution in [2.75, 3.05) is 6.61 Å². The highest BCUT2D eigenvalue weighted by Crippen LogP contribution is 2.30. The van der Waals surface area contributed by atoms with Gasteiger partial charge in [0.05, 0.1) is 11.1 Å². The molecule has 0 saturated carbocycles. The molecule has 0 amide bonds. The van der Waals surface area contributed by atoms with Gasteiger partial charge in [0.1, 0.15) is 12.4 Å². The summed E-state index contributed by atoms with van der Waals surface area (Å²) >= 11 is 0. The molecule has 3 aromatic rings. The fourth-order valence-corrected chi connectivity index (χ4v) is 2.20. The second kappa shape index (κ2) is 4.86. The van der Waals surface area contributed by atoms with Crippen LogP contribution in [0.2, 0.25) is 0 Å². The van der Waals surface area contributed by atoms with Crippen molar-refractivity contribution >= 4 is 11.6 Å². The van der Waals surface area contributed by atoms with Crippen molar-refractivity contribution in [3.05, 3.63) is 60.2 Å². The number of hydrogen-bond acceptors (Lipinski definition) is 5. The molecule has 0 radical (unpaired) electrons. The van der Waals surface area contributed by atoms with E-state index < -0.39 is 0 Å². The molecule has 4 rings (SSSR count). The molecule has 1 aliphatic rings. The third-order valence-electron chi connectivity index (χ3n) is 3.24. The van der Waals surface area contributed by atoms with Gasteiger partial charge in [-0.1, -0.05) is 18.2 Å². The molecule has 0 spiro atoms. The van der Waals surface area contributed by atoms with Gasteiger partial charge in [0.15, 0.2) is 0 Å². The summed E-state index contributed by atoms with van der Waals surface area (Å²) in [4.78, 5) is 4.05. The van der Waals surface area contributed by atoms with E-state index in [0.717, 1.165) is 22.4 Å². The molecule has 0 fully saturated rings. The van der Waals surface area contributed by atoms with Crippen LogP contribution in [0.25, 0.3) is 23.1 Å². The van der Waals surface area contributed by atoms with Crippen LogP contribution in [-0.2, 0) is 0 Å². The van der Waals surface area contributed by atoms with E-state index in [0.29, 0.717) is 18.4 Å². The Morgan fingerprint density at radius 3 is 2.76 bits per heavy atom. The van der Waals surface area contributed by atoms with Gasteiger partial charge in [0.25, 0.3) is 0 Å². The molecule has 3 heterocycles. The van der Waals surface area contributed by atoms with Crippen LogP contribution in [0.4, 0.5) is 0 Å². The molecule has 0 saturated heterocycles. The van der Waals surface area contributed by atoms with Gasteiger partial charge < -0.3 is 9.15 Å². The Labute approximate surface area is 120 Å². The molecule has 1 aliphatic heterocycles. The standard InChI is InChI=1S/C16H11N3O2/c1-2-6-14-11(4-1)8-13(10-20-14)16-19-18-15(21-16)12-5-3-7-17-9-12/h1-9H,10H2. The highest BCUT2D eigenvalue weighted by atomic mass is 16.5. The molecule has 1 aromatic carbocycles. The maximum absolute atomic E-state index is 5.71. The predicted octanol–water partition coefficient (Wildman–Crippen LogP) is 3.06. The average Bonchev–Trinajstić information content (AvgIpc) is 3.05. The fraction of sp³-hybridized carbons (Fsp3) is 0.0625. The first-order valence-corrected chi connectivity index (χ1v) is 6.57. The summed E-state index contributed by atoms with van der Waals surface area (Å²) in [6.45, 7) is 0.422. The lowest BCUT2D eigenvalue weighted by molar-refractivity contribution is 0.361. The van der Waals surface area contributed by atoms with Crippen molar-refractivity contribution in [1.29, 1.82) is 0 Å². The van der Waals surface area contributed by atoms with Gasteiger partial charge in [-0.2, -0.15) is 0 Å². The lowest BCUT2D eigenvalue weighted by atomic mass is 10.1. The number of fused-ring (bicyclic) bond motifs is 1. The molecule has 21 heavy (non-hydrogen) atoms. The van der Waals surface area contributed by atoms with Crippen LogP contribution in [0, 0.1) is 0 Å². The Morgan fingerprint density at radius 1 is 0.952 bits per heavy atom. The van der Waals surface area contributed by atoms with Gasteiger partial charge in [0.2, 0.25) is 11.8 Å². The van der Waals surface area contributed by atoms with E-state index >= 15 is 0 Å². The van der Waals surface area contributed by atoms with Gasteiger partial charge in [-0.15, -0.1) is 10.2 Å². The van der Waals surface area contributed by atoms with E-state index in [4.69, 9.17) is 9.15 Å². The molecular weight excluding hydrogens is 266 g/mol. The minimum absolute atomic E-state index is 0.422. The minimum atomic E-state index is 0.422. The average molecular weight is 277 g/mol. The van der Waals surface area contributed by atoms with Gasteiger partial charge >= 0.3 is 0 Å². The van der Waals surface area contributed by atoms with E-state index in [9.17, 15) is 0 Å². The topological polar surface area (TPSA) is 61.0 Å². The quantitative estimate of drug-likeness (QED) is 0.720. The third-order valence-corrected chi connectivity index (χ3v) is 3.24. The fourth-order valence-electron chi connectivity index (χ4n) is 2.20. The summed E-state index contributed by atoms with van der Waals surface area (Å²) in [7, 11) is 0. The Kier molecular flexibility index (Phi) is 2.74. The number of aromatic nitrogens is 3. The smallest absolute Gasteiger partial charge is 0.249 e. The maximum atomic E-state index is 5.71. The molecular formula is C16H11N3O2. The first-order chi connectivity index (χ1) is 10.4. The van der Waals surface area contributed by atoms with Crippen molar-refractivity contribution in [1.82, 2.24) is 15.2 Å². The summed E-state index contributed by atoms with van der Waals surface area (Å²) in [6.07, 6.45) is 5.41. The minimum Gasteiger partial charge on any atom is -0.488 e. The molecule has 0 N–H and O–H groups in total. The number of hydrogen-bond donors (Lipinski definition) is 0. The largest absolute Gasteiger partial charge is 0.488 e. The number of benzene rings is 1. The molecule has 102 valence electrons. The Balaban J connectivity index is 1.70. The summed E-state index contributed by atoms with van der Waals surface area (Å²) in [5.74, 6) is 1.80. The molecule has 0 unspecified atom stereocenters. The highest BCUT2D eigenvalue weighted by Gasteiger charge is 2.18. The van der Waals surface area contributed by atoms with E-state index in [1.807, 2.05) is 42.5 Å². The monoisotopic (exact) mass is 277 g/mol. The molecule has 0 aliphatic carbocycles. The van der Waals surface area contributed by atoms with Crippen molar-refractivity contribution in [3.63, 3.8) is 0 Å². The number of ether oxygens (including phenoxy) is 1. The van der Waals surface area contributed by atoms with Gasteiger partial charge in [-0.25, -0.2) is 0 Å². The number of pyridine rings is 1. The molecule has 2 aromatic heterocycles. The zero-order valence-corrected chi connectivity index (χ0v) is 11.1. The molecule has 0 bridgehead atoms. The van der Waals surface area contributed by atoms with E-state index in [-0.39, 0.29) is 0 Å². The van der Waals surface area contributed by atoms with Crippen LogP contribution in [0.5, 0.6) is 5.75 Å². The summed E-state index contributed by atoms with van der Waals surface area (Å²) < 4.78 is 11.4. The lowest BCUT2D eigenvalue weighted by Crippen LogP contribution is -2.06. The van der Waals surface area contributed by atoms with Crippen LogP contribution < -0.4 is 4.74 Å².